The Balaban J connectivity index is -0.000000114. The molecule has 2 rings (SSSR count). The summed E-state index contributed by atoms with van der Waals surface area (Å²) in [4.78, 5) is 144. The van der Waals surface area contributed by atoms with Gasteiger partial charge in [0, 0.05) is 159 Å². The van der Waals surface area contributed by atoms with E-state index in [4.69, 9.17) is 24.4 Å². The topological polar surface area (TPSA) is 464 Å². The van der Waals surface area contributed by atoms with Crippen LogP contribution in [0.3, 0.4) is 0 Å². The van der Waals surface area contributed by atoms with Crippen LogP contribution < -0.4 is 79.8 Å². The van der Waals surface area contributed by atoms with Crippen molar-refractivity contribution in [2.45, 2.75) is 437 Å². The van der Waals surface area contributed by atoms with E-state index >= 15 is 0 Å². The number of thioether (sulfide) groups is 2. The van der Waals surface area contributed by atoms with Gasteiger partial charge >= 0.3 is 0 Å². The second kappa shape index (κ2) is 85.7. The minimum Gasteiger partial charge on any atom is -0.383 e. The van der Waals surface area contributed by atoms with Crippen LogP contribution in [0, 0.1) is 16.2 Å². The van der Waals surface area contributed by atoms with Gasteiger partial charge in [-0.3, -0.25) is 47.9 Å². The number of ketones is 2. The predicted molar refractivity (Wildman–Crippen MR) is 603 cm³/mol. The van der Waals surface area contributed by atoms with E-state index in [1.54, 1.807) is 55.3 Å². The van der Waals surface area contributed by atoms with E-state index in [-0.39, 0.29) is 156 Å². The smallest absolute Gasteiger partial charge is 0.246 e. The van der Waals surface area contributed by atoms with Crippen molar-refractivity contribution in [2.24, 2.45) is 16.2 Å². The monoisotopic (exact) mass is 2070 g/mol. The van der Waals surface area contributed by atoms with Crippen LogP contribution in [0.5, 0.6) is 0 Å². The Morgan fingerprint density at radius 2 is 0.793 bits per heavy atom. The molecule has 828 valence electrons. The number of hydrogen-bond acceptors (Lipinski definition) is 25. The Bertz CT molecular complexity index is 3490. The third-order valence-corrected chi connectivity index (χ3v) is 16.4. The number of amides is 10. The summed E-state index contributed by atoms with van der Waals surface area (Å²) in [5.41, 5.74) is -1.05. The van der Waals surface area contributed by atoms with Crippen LogP contribution in [0.2, 0.25) is 0 Å². The maximum absolute atomic E-state index is 11.3. The molecule has 0 aliphatic heterocycles. The zero-order valence-electron chi connectivity index (χ0n) is 98.7. The van der Waals surface area contributed by atoms with E-state index in [2.05, 4.69) is 241 Å². The first-order valence-electron chi connectivity index (χ1n) is 48.2. The average Bonchev–Trinajstić information content (AvgIpc) is 1.77. The number of Topliss-reactive ketones (excluding diaryl/α,β-unsaturated/α-hetero) is 2. The van der Waals surface area contributed by atoms with Gasteiger partial charge < -0.3 is 94.1 Å². The van der Waals surface area contributed by atoms with Crippen molar-refractivity contribution in [3.8, 4) is 0 Å². The molecular weight excluding hydrogens is 1860 g/mol. The number of anilines is 1. The van der Waals surface area contributed by atoms with Crippen LogP contribution in [0.25, 0.3) is 0 Å². The van der Waals surface area contributed by atoms with Gasteiger partial charge in [-0.2, -0.15) is 23.5 Å². The number of carbonyl (C=O) groups excluding carboxylic acids is 12. The standard InChI is InChI=1S/C10H21N3OS.C10H19NO2.2C9H18N2O2.C7H12N4.C7H16N2O.C7H15NO2.C7H15NOS.C7H15NS.C7H14O.C6H11N3.C6H13NO.C5H12S.C3H8.C2H6/c1-10(2,3)13-7-8(14)12-6-5-9(15)11-4;1-8(12)6-5-7-9(13)11-10(2,3)4;1-9(2,3)8(13)11-6-5-7(12)10-4;1-9(2,3)11-8(13)6-5-7(12)10-4;1-7(2,3)11-6-9-4-8-5-10-6;1-7(2,3)9-6(10)5-8-4;2*1-7(2,3)8-6(9)5-10-4;1-5-6(9)8-7(2,3)4;1-6(8)5-7(2,3)4;1-6(2,3)9-5-4-7-8-9;1-6(2,3)5(8)7-4;1-5(2,3)6-4;1-3-2;1-2/h13H,5-7H2,1-4H3,(H,11,15)(H,12,14);5-7H2,1-4H3,(H,11,13);2*5-6H2,1-4H3,(H,10,12)(H,11,13);4-5H,1-3H3,(H,8,9,10,11);8H,5H2,1-4H3,(H,9,10);2*5H2,1-4H3,(H,8,9);5H2,1-4H3,(H,8,9);5H2,1-4H3;4-5H,1-3H3;1-4H3,(H,7,8);1-4H3;3H2,1-2H3;1-2H3. The van der Waals surface area contributed by atoms with Gasteiger partial charge in [-0.25, -0.2) is 19.6 Å². The van der Waals surface area contributed by atoms with Crippen LogP contribution in [-0.4, -0.2) is 253 Å². The third-order valence-electron chi connectivity index (χ3n) is 13.8. The quantitative estimate of drug-likeness (QED) is 0.0434. The molecule has 0 saturated carbocycles. The molecule has 0 saturated heterocycles. The number of nitrogens with one attached hydrogen (secondary N) is 15. The van der Waals surface area contributed by atoms with Crippen molar-refractivity contribution >= 4 is 135 Å². The highest BCUT2D eigenvalue weighted by molar-refractivity contribution is 7.99. The fourth-order valence-corrected chi connectivity index (χ4v) is 8.71. The summed E-state index contributed by atoms with van der Waals surface area (Å²) in [5, 5.41) is 49.7. The van der Waals surface area contributed by atoms with Crippen molar-refractivity contribution in [1.29, 1.82) is 0 Å². The Morgan fingerprint density at radius 3 is 1.06 bits per heavy atom. The van der Waals surface area contributed by atoms with Crippen LogP contribution in [0.4, 0.5) is 5.95 Å². The van der Waals surface area contributed by atoms with Gasteiger partial charge in [-0.15, -0.1) is 5.10 Å². The molecule has 0 aliphatic rings. The highest BCUT2D eigenvalue weighted by atomic mass is 32.2. The van der Waals surface area contributed by atoms with Crippen molar-refractivity contribution < 1.29 is 62.3 Å². The Morgan fingerprint density at radius 1 is 0.414 bits per heavy atom. The Hall–Kier alpha value is -7.65. The maximum atomic E-state index is 11.3. The fraction of sp³-hybridized carbons (Fsp3) is 0.814. The van der Waals surface area contributed by atoms with Gasteiger partial charge in [-0.1, -0.05) is 154 Å². The lowest BCUT2D eigenvalue weighted by molar-refractivity contribution is -0.129. The molecular formula is C102H213N21O13S4. The number of thiocarbonyl (C=S) groups is 2. The summed E-state index contributed by atoms with van der Waals surface area (Å²) in [7, 11) is 9.82. The SMILES string of the molecule is CC.CC(=O)CC(C)(C)C.CC(=O)CCCC(=O)NC(C)(C)C.CC(C)(C)Nc1ncncn1.CC(C)(C)n1ccnn1.CCC.CCC(=S)NC(C)(C)C.CNC(=O)C(C)(C)C.CNC(=O)CCC(=O)NC(C)(C)C.CNC(=O)CCNC(=O)C(C)(C)C.CNC(=S)CCNC(=O)CNC(C)(C)C.CNCC(=O)NC(C)(C)C.COCC(=O)NC(C)(C)C.CSC(C)(C)C.CSCC(=O)NC(C)(C)C. The molecule has 0 aliphatic carbocycles. The molecule has 15 N–H and O–H groups in total. The lowest BCUT2D eigenvalue weighted by atomic mass is 9.91. The van der Waals surface area contributed by atoms with Gasteiger partial charge in [0.05, 0.1) is 40.6 Å². The first-order valence-corrected chi connectivity index (χ1v) is 51.6. The van der Waals surface area contributed by atoms with E-state index in [1.807, 2.05) is 209 Å². The van der Waals surface area contributed by atoms with Gasteiger partial charge in [0.1, 0.15) is 30.8 Å². The molecule has 0 atom stereocenters. The average molecular weight is 2070 g/mol. The fourth-order valence-electron chi connectivity index (χ4n) is 7.97. The summed E-state index contributed by atoms with van der Waals surface area (Å²) < 4.78 is 6.92. The summed E-state index contributed by atoms with van der Waals surface area (Å²) in [5.74, 6) is 1.48. The summed E-state index contributed by atoms with van der Waals surface area (Å²) in [6, 6.07) is 0. The number of aromatic nitrogens is 6. The number of methoxy groups -OCH3 is 1. The largest absolute Gasteiger partial charge is 0.383 e. The Labute approximate surface area is 873 Å². The van der Waals surface area contributed by atoms with Gasteiger partial charge in [0.2, 0.25) is 65.0 Å². The maximum Gasteiger partial charge on any atom is 0.246 e. The molecule has 0 unspecified atom stereocenters. The predicted octanol–water partition coefficient (Wildman–Crippen LogP) is 16.3. The number of rotatable bonds is 24. The second-order valence-electron chi connectivity index (χ2n) is 45.2. The van der Waals surface area contributed by atoms with Crippen molar-refractivity contribution in [2.75, 3.05) is 98.7 Å². The van der Waals surface area contributed by atoms with E-state index in [0.717, 1.165) is 16.4 Å². The molecule has 0 radical (unpaired) electrons. The van der Waals surface area contributed by atoms with Crippen LogP contribution in [0.15, 0.2) is 25.0 Å². The van der Waals surface area contributed by atoms with E-state index in [1.165, 1.54) is 37.9 Å². The summed E-state index contributed by atoms with van der Waals surface area (Å²) in [6.07, 6.45) is 16.5. The summed E-state index contributed by atoms with van der Waals surface area (Å²) in [6.45, 7) is 93.2. The molecule has 10 amide bonds. The molecule has 2 heterocycles. The van der Waals surface area contributed by atoms with Crippen molar-refractivity contribution in [3.05, 3.63) is 25.0 Å². The van der Waals surface area contributed by atoms with Gasteiger partial charge in [0.15, 0.2) is 0 Å². The molecule has 0 fully saturated rings. The van der Waals surface area contributed by atoms with Crippen molar-refractivity contribution in [3.63, 3.8) is 0 Å². The van der Waals surface area contributed by atoms with Crippen LogP contribution in [0.1, 0.15) is 383 Å². The number of nitrogens with zero attached hydrogens (tertiary/aromatic N) is 6. The van der Waals surface area contributed by atoms with Crippen molar-refractivity contribution in [1.82, 2.24) is 104 Å². The lowest BCUT2D eigenvalue weighted by Gasteiger charge is -2.21. The lowest BCUT2D eigenvalue weighted by Crippen LogP contribution is -2.44. The Kier molecular flexibility index (Phi) is 98.2. The first kappa shape index (κ1) is 160. The minimum atomic E-state index is -0.386. The first-order chi connectivity index (χ1) is 62.8. The highest BCUT2D eigenvalue weighted by Crippen LogP contribution is 2.20. The molecule has 0 aromatic carbocycles. The van der Waals surface area contributed by atoms with Gasteiger partial charge in [-0.05, 0) is 239 Å². The van der Waals surface area contributed by atoms with E-state index < -0.39 is 0 Å². The summed E-state index contributed by atoms with van der Waals surface area (Å²) >= 11 is 13.4. The highest BCUT2D eigenvalue weighted by Gasteiger charge is 2.23. The number of ether oxygens (including phenoxy) is 1. The normalized spacial score (nSPS) is 10.9. The molecule has 2 aromatic rings. The zero-order valence-corrected chi connectivity index (χ0v) is 102. The number of hydrogen-bond donors (Lipinski definition) is 15. The van der Waals surface area contributed by atoms with Crippen LogP contribution in [-0.2, 0) is 67.8 Å². The number of likely N-dealkylation sites (N-methyl/N-ethyl adjacent to an activating group) is 1. The zero-order chi connectivity index (χ0) is 114. The van der Waals surface area contributed by atoms with E-state index in [9.17, 15) is 57.5 Å². The third kappa shape index (κ3) is 161. The van der Waals surface area contributed by atoms with Gasteiger partial charge in [0.25, 0.3) is 0 Å². The molecule has 140 heavy (non-hydrogen) atoms. The second-order valence-corrected chi connectivity index (χ2v) is 48.7. The number of carbonyl (C=O) groups is 12. The molecule has 2 aromatic heterocycles. The minimum absolute atomic E-state index is 0.00134. The van der Waals surface area contributed by atoms with Crippen LogP contribution >= 0.6 is 48.0 Å². The molecule has 0 spiro atoms. The molecule has 0 bridgehead atoms. The van der Waals surface area contributed by atoms with E-state index in [0.29, 0.717) is 81.2 Å². The molecule has 38 heteroatoms. The molecule has 34 nitrogen and oxygen atoms in total.